The van der Waals surface area contributed by atoms with Gasteiger partial charge in [0.25, 0.3) is 0 Å². The second kappa shape index (κ2) is 7.42. The van der Waals surface area contributed by atoms with E-state index in [2.05, 4.69) is 20.4 Å². The van der Waals surface area contributed by atoms with Crippen LogP contribution in [0.2, 0.25) is 0 Å². The van der Waals surface area contributed by atoms with E-state index >= 15 is 0 Å². The van der Waals surface area contributed by atoms with Gasteiger partial charge in [-0.25, -0.2) is 4.98 Å². The van der Waals surface area contributed by atoms with Crippen LogP contribution in [-0.2, 0) is 4.79 Å². The highest BCUT2D eigenvalue weighted by Gasteiger charge is 2.25. The molecular formula is C17H22N4O3. The lowest BCUT2D eigenvalue weighted by Gasteiger charge is -2.13. The van der Waals surface area contributed by atoms with Crippen molar-refractivity contribution in [3.63, 3.8) is 0 Å². The summed E-state index contributed by atoms with van der Waals surface area (Å²) in [6.45, 7) is 4.29. The van der Waals surface area contributed by atoms with E-state index in [1.807, 2.05) is 13.8 Å². The number of pyridine rings is 1. The minimum absolute atomic E-state index is 0.0716. The molecule has 1 fully saturated rings. The molecule has 2 aromatic rings. The second-order valence-electron chi connectivity index (χ2n) is 5.98. The maximum atomic E-state index is 12.2. The van der Waals surface area contributed by atoms with Gasteiger partial charge in [0.1, 0.15) is 6.04 Å². The molecule has 3 rings (SSSR count). The molecule has 7 nitrogen and oxygen atoms in total. The van der Waals surface area contributed by atoms with Crippen molar-refractivity contribution in [2.75, 3.05) is 6.61 Å². The predicted molar refractivity (Wildman–Crippen MR) is 87.2 cm³/mol. The standard InChI is InChI=1S/C17H22N4O3/c1-3-23-14-10-13(8-9-18-14)15-20-17(24-21-15)11(2)19-16(22)12-6-4-5-7-12/h8-12H,3-7H2,1-2H3,(H,19,22)/t11-/m0/s1. The van der Waals surface area contributed by atoms with Crippen LogP contribution in [0.25, 0.3) is 11.4 Å². The van der Waals surface area contributed by atoms with Gasteiger partial charge in [-0.05, 0) is 32.8 Å². The third-order valence-corrected chi connectivity index (χ3v) is 4.18. The Morgan fingerprint density at radius 2 is 2.25 bits per heavy atom. The van der Waals surface area contributed by atoms with Gasteiger partial charge in [-0.2, -0.15) is 4.98 Å². The summed E-state index contributed by atoms with van der Waals surface area (Å²) in [6, 6.07) is 3.24. The van der Waals surface area contributed by atoms with E-state index in [1.54, 1.807) is 18.3 Å². The number of nitrogens with zero attached hydrogens (tertiary/aromatic N) is 3. The molecule has 1 amide bonds. The smallest absolute Gasteiger partial charge is 0.249 e. The first-order chi connectivity index (χ1) is 11.7. The molecule has 1 aliphatic rings. The molecule has 0 radical (unpaired) electrons. The molecule has 1 saturated carbocycles. The summed E-state index contributed by atoms with van der Waals surface area (Å²) in [5.74, 6) is 1.55. The quantitative estimate of drug-likeness (QED) is 0.876. The van der Waals surface area contributed by atoms with Crippen molar-refractivity contribution in [2.24, 2.45) is 5.92 Å². The molecule has 0 unspecified atom stereocenters. The Morgan fingerprint density at radius 3 is 3.00 bits per heavy atom. The Balaban J connectivity index is 1.68. The van der Waals surface area contributed by atoms with E-state index in [0.29, 0.717) is 24.2 Å². The fraction of sp³-hybridized carbons (Fsp3) is 0.529. The van der Waals surface area contributed by atoms with E-state index in [9.17, 15) is 4.79 Å². The second-order valence-corrected chi connectivity index (χ2v) is 5.98. The minimum atomic E-state index is -0.312. The van der Waals surface area contributed by atoms with E-state index in [1.165, 1.54) is 0 Å². The van der Waals surface area contributed by atoms with E-state index < -0.39 is 0 Å². The summed E-state index contributed by atoms with van der Waals surface area (Å²) in [6.07, 6.45) is 5.82. The van der Waals surface area contributed by atoms with Crippen LogP contribution in [0, 0.1) is 5.92 Å². The lowest BCUT2D eigenvalue weighted by molar-refractivity contribution is -0.125. The highest BCUT2D eigenvalue weighted by Crippen LogP contribution is 2.26. The number of carbonyl (C=O) groups excluding carboxylic acids is 1. The van der Waals surface area contributed by atoms with Crippen LogP contribution in [0.15, 0.2) is 22.9 Å². The topological polar surface area (TPSA) is 90.1 Å². The number of nitrogens with one attached hydrogen (secondary N) is 1. The summed E-state index contributed by atoms with van der Waals surface area (Å²) < 4.78 is 10.7. The molecule has 0 bridgehead atoms. The number of rotatable bonds is 6. The fourth-order valence-electron chi connectivity index (χ4n) is 2.88. The van der Waals surface area contributed by atoms with Gasteiger partial charge in [0.2, 0.25) is 23.5 Å². The SMILES string of the molecule is CCOc1cc(-c2noc([C@H](C)NC(=O)C3CCCC3)n2)ccn1. The van der Waals surface area contributed by atoms with Crippen molar-refractivity contribution in [3.05, 3.63) is 24.2 Å². The van der Waals surface area contributed by atoms with Crippen LogP contribution in [0.4, 0.5) is 0 Å². The van der Waals surface area contributed by atoms with Gasteiger partial charge in [0.15, 0.2) is 0 Å². The van der Waals surface area contributed by atoms with Crippen molar-refractivity contribution in [1.29, 1.82) is 0 Å². The molecule has 2 aromatic heterocycles. The van der Waals surface area contributed by atoms with Crippen LogP contribution < -0.4 is 10.1 Å². The summed E-state index contributed by atoms with van der Waals surface area (Å²) in [5, 5.41) is 6.96. The van der Waals surface area contributed by atoms with Gasteiger partial charge in [-0.3, -0.25) is 4.79 Å². The number of hydrogen-bond acceptors (Lipinski definition) is 6. The van der Waals surface area contributed by atoms with Crippen molar-refractivity contribution >= 4 is 5.91 Å². The number of ether oxygens (including phenoxy) is 1. The highest BCUT2D eigenvalue weighted by atomic mass is 16.5. The normalized spacial score (nSPS) is 16.1. The molecule has 0 aromatic carbocycles. The van der Waals surface area contributed by atoms with Crippen molar-refractivity contribution in [3.8, 4) is 17.3 Å². The van der Waals surface area contributed by atoms with E-state index in [-0.39, 0.29) is 17.9 Å². The van der Waals surface area contributed by atoms with E-state index in [0.717, 1.165) is 31.2 Å². The maximum Gasteiger partial charge on any atom is 0.249 e. The Hall–Kier alpha value is -2.44. The third-order valence-electron chi connectivity index (χ3n) is 4.18. The zero-order chi connectivity index (χ0) is 16.9. The highest BCUT2D eigenvalue weighted by molar-refractivity contribution is 5.79. The van der Waals surface area contributed by atoms with E-state index in [4.69, 9.17) is 9.26 Å². The Bertz CT molecular complexity index is 695. The molecule has 0 aliphatic heterocycles. The van der Waals surface area contributed by atoms with Crippen molar-refractivity contribution in [1.82, 2.24) is 20.4 Å². The summed E-state index contributed by atoms with van der Waals surface area (Å²) >= 11 is 0. The zero-order valence-corrected chi connectivity index (χ0v) is 14.0. The van der Waals surface area contributed by atoms with Gasteiger partial charge in [-0.1, -0.05) is 18.0 Å². The number of aromatic nitrogens is 3. The molecule has 1 N–H and O–H groups in total. The Labute approximate surface area is 140 Å². The van der Waals surface area contributed by atoms with Crippen LogP contribution in [0.3, 0.4) is 0 Å². The predicted octanol–water partition coefficient (Wildman–Crippen LogP) is 2.90. The fourth-order valence-corrected chi connectivity index (χ4v) is 2.88. The van der Waals surface area contributed by atoms with Crippen LogP contribution in [0.5, 0.6) is 5.88 Å². The summed E-state index contributed by atoms with van der Waals surface area (Å²) in [4.78, 5) is 20.7. The first-order valence-corrected chi connectivity index (χ1v) is 8.40. The maximum absolute atomic E-state index is 12.2. The lowest BCUT2D eigenvalue weighted by atomic mass is 10.1. The minimum Gasteiger partial charge on any atom is -0.478 e. The molecule has 1 aliphatic carbocycles. The molecule has 1 atom stereocenters. The van der Waals surface area contributed by atoms with Gasteiger partial charge >= 0.3 is 0 Å². The van der Waals surface area contributed by atoms with Gasteiger partial charge in [0.05, 0.1) is 6.61 Å². The Kier molecular flexibility index (Phi) is 5.08. The van der Waals surface area contributed by atoms with Crippen LogP contribution in [0.1, 0.15) is 51.5 Å². The van der Waals surface area contributed by atoms with Gasteiger partial charge in [0, 0.05) is 23.7 Å². The van der Waals surface area contributed by atoms with Gasteiger partial charge < -0.3 is 14.6 Å². The first kappa shape index (κ1) is 16.4. The van der Waals surface area contributed by atoms with Gasteiger partial charge in [-0.15, -0.1) is 0 Å². The monoisotopic (exact) mass is 330 g/mol. The zero-order valence-electron chi connectivity index (χ0n) is 14.0. The molecule has 0 spiro atoms. The molecule has 2 heterocycles. The number of hydrogen-bond donors (Lipinski definition) is 1. The lowest BCUT2D eigenvalue weighted by Crippen LogP contribution is -2.31. The molecule has 7 heteroatoms. The first-order valence-electron chi connectivity index (χ1n) is 8.40. The van der Waals surface area contributed by atoms with Crippen LogP contribution in [-0.4, -0.2) is 27.6 Å². The van der Waals surface area contributed by atoms with Crippen molar-refractivity contribution in [2.45, 2.75) is 45.6 Å². The average Bonchev–Trinajstić information content (AvgIpc) is 3.27. The van der Waals surface area contributed by atoms with Crippen molar-refractivity contribution < 1.29 is 14.1 Å². The molecule has 24 heavy (non-hydrogen) atoms. The largest absolute Gasteiger partial charge is 0.478 e. The summed E-state index contributed by atoms with van der Waals surface area (Å²) in [7, 11) is 0. The number of amides is 1. The third kappa shape index (κ3) is 3.72. The Morgan fingerprint density at radius 1 is 1.46 bits per heavy atom. The summed E-state index contributed by atoms with van der Waals surface area (Å²) in [5.41, 5.74) is 0.762. The van der Waals surface area contributed by atoms with Crippen LogP contribution >= 0.6 is 0 Å². The number of carbonyl (C=O) groups is 1. The molecule has 128 valence electrons. The average molecular weight is 330 g/mol. The molecular weight excluding hydrogens is 308 g/mol. The molecule has 0 saturated heterocycles.